The minimum Gasteiger partial charge on any atom is -0.356 e. The molecule has 5 atom stereocenters. The van der Waals surface area contributed by atoms with Crippen LogP contribution in [0.15, 0.2) is 29.4 Å². The van der Waals surface area contributed by atoms with Crippen molar-refractivity contribution in [2.24, 2.45) is 28.6 Å². The molecule has 0 aromatic carbocycles. The Labute approximate surface area is 277 Å². The fraction of sp³-hybridized carbons (Fsp3) is 0.757. The van der Waals surface area contributed by atoms with Gasteiger partial charge in [-0.25, -0.2) is 0 Å². The number of piperazine rings is 1. The minimum atomic E-state index is 0. The maximum atomic E-state index is 12.2. The molecule has 0 spiro atoms. The molecule has 3 saturated heterocycles. The second-order valence-electron chi connectivity index (χ2n) is 15.8. The van der Waals surface area contributed by atoms with Crippen molar-refractivity contribution in [3.63, 3.8) is 0 Å². The summed E-state index contributed by atoms with van der Waals surface area (Å²) in [5, 5.41) is 0. The SMILES string of the molecule is C[C@]12CCC(=O)C=C1CC[C@@H]1C2=CC[C@]2(C)[C@@H](CCN3CCN(c4cc(N5CCCC5)nc(N5CCCC5)n4)CC3)CC[C@@H]12.Cl. The van der Waals surface area contributed by atoms with E-state index in [9.17, 15) is 4.79 Å². The highest BCUT2D eigenvalue weighted by molar-refractivity contribution is 5.92. The largest absolute Gasteiger partial charge is 0.356 e. The van der Waals surface area contributed by atoms with Crippen LogP contribution < -0.4 is 14.7 Å². The van der Waals surface area contributed by atoms with Crippen molar-refractivity contribution >= 4 is 35.8 Å². The molecule has 246 valence electrons. The predicted octanol–water partition coefficient (Wildman–Crippen LogP) is 6.68. The summed E-state index contributed by atoms with van der Waals surface area (Å²) in [5.74, 6) is 5.98. The van der Waals surface area contributed by atoms with Gasteiger partial charge in [0, 0.05) is 70.3 Å². The number of fused-ring (bicyclic) bond motifs is 5. The fourth-order valence-electron chi connectivity index (χ4n) is 10.7. The maximum Gasteiger partial charge on any atom is 0.229 e. The van der Waals surface area contributed by atoms with E-state index < -0.39 is 0 Å². The molecule has 0 amide bonds. The summed E-state index contributed by atoms with van der Waals surface area (Å²) >= 11 is 0. The highest BCUT2D eigenvalue weighted by Gasteiger charge is 2.55. The van der Waals surface area contributed by atoms with Gasteiger partial charge in [-0.15, -0.1) is 12.4 Å². The first-order chi connectivity index (χ1) is 21.4. The van der Waals surface area contributed by atoms with Gasteiger partial charge in [-0.3, -0.25) is 9.69 Å². The Bertz CT molecular complexity index is 1290. The quantitative estimate of drug-likeness (QED) is 0.324. The number of carbonyl (C=O) groups excluding carboxylic acids is 1. The standard InChI is InChI=1S/C37H54N6O.ClH/c1-36-15-12-32-30(9-7-28-25-29(44)11-14-37(28,32)2)31(36)10-8-27(36)13-20-40-21-23-42(24-22-40)34-26-33(41-16-3-4-17-41)38-35(39-34)43-18-5-6-19-43;/h12,25-27,30-31H,3-11,13-24H2,1-2H3;1H/t27-,30+,31+,36-,37+;/m1./s1. The number of anilines is 3. The van der Waals surface area contributed by atoms with Gasteiger partial charge in [0.2, 0.25) is 5.95 Å². The van der Waals surface area contributed by atoms with Gasteiger partial charge in [0.1, 0.15) is 11.6 Å². The zero-order chi connectivity index (χ0) is 29.9. The van der Waals surface area contributed by atoms with Crippen molar-refractivity contribution in [1.82, 2.24) is 14.9 Å². The van der Waals surface area contributed by atoms with Gasteiger partial charge in [0.05, 0.1) is 0 Å². The van der Waals surface area contributed by atoms with Crippen LogP contribution >= 0.6 is 12.4 Å². The summed E-state index contributed by atoms with van der Waals surface area (Å²) in [6.07, 6.45) is 19.3. The van der Waals surface area contributed by atoms with Gasteiger partial charge in [-0.05, 0) is 106 Å². The molecule has 1 aromatic rings. The average Bonchev–Trinajstić information content (AvgIpc) is 3.83. The zero-order valence-corrected chi connectivity index (χ0v) is 28.6. The van der Waals surface area contributed by atoms with Crippen LogP contribution in [0.25, 0.3) is 0 Å². The van der Waals surface area contributed by atoms with E-state index in [2.05, 4.69) is 45.6 Å². The molecule has 5 fully saturated rings. The number of halogens is 1. The highest BCUT2D eigenvalue weighted by atomic mass is 35.5. The lowest BCUT2D eigenvalue weighted by atomic mass is 9.51. The van der Waals surface area contributed by atoms with Gasteiger partial charge >= 0.3 is 0 Å². The number of nitrogens with zero attached hydrogens (tertiary/aromatic N) is 6. The fourth-order valence-corrected chi connectivity index (χ4v) is 10.7. The third-order valence-electron chi connectivity index (χ3n) is 13.5. The Morgan fingerprint density at radius 1 is 0.822 bits per heavy atom. The van der Waals surface area contributed by atoms with Gasteiger partial charge < -0.3 is 14.7 Å². The molecule has 3 aliphatic heterocycles. The van der Waals surface area contributed by atoms with E-state index in [0.29, 0.717) is 11.2 Å². The van der Waals surface area contributed by atoms with Gasteiger partial charge in [-0.1, -0.05) is 31.1 Å². The van der Waals surface area contributed by atoms with Crippen LogP contribution in [0.4, 0.5) is 17.6 Å². The molecule has 7 aliphatic rings. The van der Waals surface area contributed by atoms with E-state index in [0.717, 1.165) is 107 Å². The number of hydrogen-bond acceptors (Lipinski definition) is 7. The average molecular weight is 635 g/mol. The first-order valence-corrected chi connectivity index (χ1v) is 18.2. The first kappa shape index (κ1) is 31.5. The summed E-state index contributed by atoms with van der Waals surface area (Å²) in [4.78, 5) is 32.5. The molecular weight excluding hydrogens is 580 g/mol. The first-order valence-electron chi connectivity index (χ1n) is 18.2. The second kappa shape index (κ2) is 12.5. The van der Waals surface area contributed by atoms with Crippen molar-refractivity contribution in [2.45, 2.75) is 90.9 Å². The normalized spacial score (nSPS) is 35.0. The van der Waals surface area contributed by atoms with Crippen molar-refractivity contribution in [3.05, 3.63) is 29.4 Å². The molecule has 45 heavy (non-hydrogen) atoms. The maximum absolute atomic E-state index is 12.2. The van der Waals surface area contributed by atoms with Crippen LogP contribution in [-0.2, 0) is 4.79 Å². The van der Waals surface area contributed by atoms with E-state index in [1.165, 1.54) is 69.9 Å². The Hall–Kier alpha value is -2.12. The molecule has 4 heterocycles. The van der Waals surface area contributed by atoms with Gasteiger partial charge in [0.25, 0.3) is 0 Å². The summed E-state index contributed by atoms with van der Waals surface area (Å²) in [6, 6.07) is 2.28. The third-order valence-corrected chi connectivity index (χ3v) is 13.5. The Kier molecular flexibility index (Phi) is 8.73. The molecule has 0 N–H and O–H groups in total. The monoisotopic (exact) mass is 634 g/mol. The molecule has 4 aliphatic carbocycles. The lowest BCUT2D eigenvalue weighted by Gasteiger charge is -2.53. The molecule has 1 aromatic heterocycles. The van der Waals surface area contributed by atoms with E-state index in [1.807, 2.05) is 6.08 Å². The van der Waals surface area contributed by atoms with Crippen LogP contribution in [0.3, 0.4) is 0 Å². The lowest BCUT2D eigenvalue weighted by Crippen LogP contribution is -2.48. The number of hydrogen-bond donors (Lipinski definition) is 0. The van der Waals surface area contributed by atoms with Gasteiger partial charge in [0.15, 0.2) is 5.78 Å². The van der Waals surface area contributed by atoms with Crippen LogP contribution in [0.1, 0.15) is 90.9 Å². The van der Waals surface area contributed by atoms with Crippen LogP contribution in [0, 0.1) is 28.6 Å². The number of allylic oxidation sites excluding steroid dienone is 4. The highest BCUT2D eigenvalue weighted by Crippen LogP contribution is 2.65. The topological polar surface area (TPSA) is 55.8 Å². The summed E-state index contributed by atoms with van der Waals surface area (Å²) in [7, 11) is 0. The Morgan fingerprint density at radius 2 is 1.49 bits per heavy atom. The Balaban J connectivity index is 0.00000325. The third kappa shape index (κ3) is 5.62. The van der Waals surface area contributed by atoms with Crippen molar-refractivity contribution < 1.29 is 4.79 Å². The predicted molar refractivity (Wildman–Crippen MR) is 186 cm³/mol. The summed E-state index contributed by atoms with van der Waals surface area (Å²) in [6.45, 7) is 15.2. The lowest BCUT2D eigenvalue weighted by molar-refractivity contribution is -0.115. The molecule has 7 nitrogen and oxygen atoms in total. The number of carbonyl (C=O) groups is 1. The number of aromatic nitrogens is 2. The number of ketones is 1. The summed E-state index contributed by atoms with van der Waals surface area (Å²) in [5.41, 5.74) is 3.75. The molecule has 2 saturated carbocycles. The smallest absolute Gasteiger partial charge is 0.229 e. The van der Waals surface area contributed by atoms with Gasteiger partial charge in [-0.2, -0.15) is 9.97 Å². The van der Waals surface area contributed by atoms with E-state index in [-0.39, 0.29) is 17.8 Å². The zero-order valence-electron chi connectivity index (χ0n) is 27.8. The summed E-state index contributed by atoms with van der Waals surface area (Å²) < 4.78 is 0. The molecule has 0 unspecified atom stereocenters. The molecule has 0 radical (unpaired) electrons. The Morgan fingerprint density at radius 3 is 2.20 bits per heavy atom. The van der Waals surface area contributed by atoms with Crippen LogP contribution in [0.2, 0.25) is 0 Å². The second-order valence-corrected chi connectivity index (χ2v) is 15.8. The van der Waals surface area contributed by atoms with Crippen LogP contribution in [0.5, 0.6) is 0 Å². The van der Waals surface area contributed by atoms with E-state index in [4.69, 9.17) is 9.97 Å². The minimum absolute atomic E-state index is 0. The molecule has 8 heteroatoms. The number of rotatable bonds is 6. The molecule has 8 rings (SSSR count). The van der Waals surface area contributed by atoms with Crippen molar-refractivity contribution in [1.29, 1.82) is 0 Å². The molecule has 0 bridgehead atoms. The van der Waals surface area contributed by atoms with E-state index in [1.54, 1.807) is 5.57 Å². The van der Waals surface area contributed by atoms with Crippen LogP contribution in [-0.4, -0.2) is 79.6 Å². The van der Waals surface area contributed by atoms with Crippen molar-refractivity contribution in [2.75, 3.05) is 73.6 Å². The molecular formula is C37H55ClN6O. The van der Waals surface area contributed by atoms with E-state index >= 15 is 0 Å². The van der Waals surface area contributed by atoms with Crippen molar-refractivity contribution in [3.8, 4) is 0 Å².